The molecule has 0 spiro atoms. The first-order chi connectivity index (χ1) is 10.1. The van der Waals surface area contributed by atoms with Crippen LogP contribution in [0.3, 0.4) is 0 Å². The topological polar surface area (TPSA) is 63.1 Å². The first kappa shape index (κ1) is 13.6. The average molecular weight is 296 g/mol. The van der Waals surface area contributed by atoms with E-state index in [1.165, 1.54) is 11.8 Å². The van der Waals surface area contributed by atoms with Crippen LogP contribution < -0.4 is 0 Å². The standard InChI is InChI=1S/C16H12N2O2S/c1-10-6-7-11(8-13(10)16(19)20)21-15-9-17-18-14-5-3-2-4-12(14)15/h2-9H,1H3,(H,19,20). The molecule has 4 nitrogen and oxygen atoms in total. The first-order valence-electron chi connectivity index (χ1n) is 6.37. The fourth-order valence-corrected chi connectivity index (χ4v) is 3.03. The van der Waals surface area contributed by atoms with E-state index in [1.54, 1.807) is 19.2 Å². The van der Waals surface area contributed by atoms with Crippen molar-refractivity contribution >= 4 is 28.6 Å². The van der Waals surface area contributed by atoms with Gasteiger partial charge in [-0.05, 0) is 30.7 Å². The number of carbonyl (C=O) groups is 1. The number of carboxylic acids is 1. The van der Waals surface area contributed by atoms with Gasteiger partial charge in [-0.1, -0.05) is 36.0 Å². The number of aryl methyl sites for hydroxylation is 1. The molecule has 2 aromatic carbocycles. The van der Waals surface area contributed by atoms with Crippen molar-refractivity contribution in [2.24, 2.45) is 0 Å². The molecule has 0 unspecified atom stereocenters. The van der Waals surface area contributed by atoms with Crippen LogP contribution in [0.15, 0.2) is 58.5 Å². The van der Waals surface area contributed by atoms with Crippen LogP contribution in [0.1, 0.15) is 15.9 Å². The number of benzene rings is 2. The van der Waals surface area contributed by atoms with E-state index in [9.17, 15) is 9.90 Å². The lowest BCUT2D eigenvalue weighted by Gasteiger charge is -2.07. The van der Waals surface area contributed by atoms with E-state index in [2.05, 4.69) is 10.2 Å². The second kappa shape index (κ2) is 5.54. The van der Waals surface area contributed by atoms with Crippen molar-refractivity contribution in [1.29, 1.82) is 0 Å². The molecule has 1 N–H and O–H groups in total. The van der Waals surface area contributed by atoms with Gasteiger partial charge < -0.3 is 5.11 Å². The third-order valence-corrected chi connectivity index (χ3v) is 4.21. The molecule has 0 aliphatic heterocycles. The molecule has 104 valence electrons. The second-order valence-corrected chi connectivity index (χ2v) is 5.73. The van der Waals surface area contributed by atoms with Crippen LogP contribution in [0.2, 0.25) is 0 Å². The van der Waals surface area contributed by atoms with Crippen LogP contribution in [0, 0.1) is 6.92 Å². The van der Waals surface area contributed by atoms with Crippen molar-refractivity contribution in [1.82, 2.24) is 10.2 Å². The van der Waals surface area contributed by atoms with Gasteiger partial charge >= 0.3 is 5.97 Å². The first-order valence-corrected chi connectivity index (χ1v) is 7.19. The molecule has 0 aliphatic rings. The maximum Gasteiger partial charge on any atom is 0.335 e. The number of carboxylic acid groups (broad SMARTS) is 1. The molecule has 0 aliphatic carbocycles. The van der Waals surface area contributed by atoms with Gasteiger partial charge in [0.2, 0.25) is 0 Å². The Morgan fingerprint density at radius 3 is 2.81 bits per heavy atom. The molecule has 1 aromatic heterocycles. The quantitative estimate of drug-likeness (QED) is 0.796. The minimum atomic E-state index is -0.910. The molecule has 5 heteroatoms. The van der Waals surface area contributed by atoms with Gasteiger partial charge in [0.1, 0.15) is 0 Å². The number of hydrogen-bond acceptors (Lipinski definition) is 4. The molecular formula is C16H12N2O2S. The molecule has 0 bridgehead atoms. The summed E-state index contributed by atoms with van der Waals surface area (Å²) in [5, 5.41) is 18.3. The van der Waals surface area contributed by atoms with Gasteiger partial charge in [0, 0.05) is 15.2 Å². The molecule has 0 amide bonds. The fraction of sp³-hybridized carbons (Fsp3) is 0.0625. The number of fused-ring (bicyclic) bond motifs is 1. The Morgan fingerprint density at radius 1 is 1.19 bits per heavy atom. The normalized spacial score (nSPS) is 10.7. The summed E-state index contributed by atoms with van der Waals surface area (Å²) in [5.41, 5.74) is 1.91. The Labute approximate surface area is 125 Å². The number of nitrogens with zero attached hydrogens (tertiary/aromatic N) is 2. The minimum absolute atomic E-state index is 0.325. The summed E-state index contributed by atoms with van der Waals surface area (Å²) in [6.45, 7) is 1.79. The Hall–Kier alpha value is -2.40. The van der Waals surface area contributed by atoms with Gasteiger partial charge in [-0.3, -0.25) is 0 Å². The predicted molar refractivity (Wildman–Crippen MR) is 81.8 cm³/mol. The SMILES string of the molecule is Cc1ccc(Sc2cnnc3ccccc23)cc1C(=O)O. The molecule has 0 atom stereocenters. The van der Waals surface area contributed by atoms with Gasteiger partial charge in [0.25, 0.3) is 0 Å². The molecule has 0 saturated heterocycles. The number of rotatable bonds is 3. The summed E-state index contributed by atoms with van der Waals surface area (Å²) >= 11 is 1.49. The van der Waals surface area contributed by atoms with Crippen LogP contribution in [0.25, 0.3) is 10.9 Å². The third-order valence-electron chi connectivity index (χ3n) is 3.18. The van der Waals surface area contributed by atoms with E-state index in [1.807, 2.05) is 36.4 Å². The van der Waals surface area contributed by atoms with Crippen LogP contribution in [-0.4, -0.2) is 21.3 Å². The number of aromatic carboxylic acids is 1. The maximum atomic E-state index is 11.2. The lowest BCUT2D eigenvalue weighted by atomic mass is 10.1. The zero-order valence-electron chi connectivity index (χ0n) is 11.3. The van der Waals surface area contributed by atoms with Crippen molar-refractivity contribution in [3.05, 3.63) is 59.8 Å². The highest BCUT2D eigenvalue weighted by Crippen LogP contribution is 2.33. The van der Waals surface area contributed by atoms with Gasteiger partial charge in [0.05, 0.1) is 17.3 Å². The Bertz CT molecular complexity index is 828. The second-order valence-electron chi connectivity index (χ2n) is 4.61. The Kier molecular flexibility index (Phi) is 3.58. The molecule has 21 heavy (non-hydrogen) atoms. The molecule has 3 aromatic rings. The lowest BCUT2D eigenvalue weighted by molar-refractivity contribution is 0.0696. The van der Waals surface area contributed by atoms with E-state index >= 15 is 0 Å². The van der Waals surface area contributed by atoms with Crippen LogP contribution in [0.5, 0.6) is 0 Å². The highest BCUT2D eigenvalue weighted by molar-refractivity contribution is 7.99. The van der Waals surface area contributed by atoms with E-state index in [0.29, 0.717) is 5.56 Å². The highest BCUT2D eigenvalue weighted by Gasteiger charge is 2.10. The van der Waals surface area contributed by atoms with Crippen LogP contribution >= 0.6 is 11.8 Å². The highest BCUT2D eigenvalue weighted by atomic mass is 32.2. The van der Waals surface area contributed by atoms with Gasteiger partial charge in [0.15, 0.2) is 0 Å². The van der Waals surface area contributed by atoms with Gasteiger partial charge in [-0.15, -0.1) is 0 Å². The number of hydrogen-bond donors (Lipinski definition) is 1. The molecule has 0 fully saturated rings. The number of aromatic nitrogens is 2. The van der Waals surface area contributed by atoms with Crippen LogP contribution in [0.4, 0.5) is 0 Å². The van der Waals surface area contributed by atoms with Crippen LogP contribution in [-0.2, 0) is 0 Å². The van der Waals surface area contributed by atoms with Crippen molar-refractivity contribution in [3.8, 4) is 0 Å². The summed E-state index contributed by atoms with van der Waals surface area (Å²) in [4.78, 5) is 13.0. The van der Waals surface area contributed by atoms with Crippen molar-refractivity contribution in [2.75, 3.05) is 0 Å². The van der Waals surface area contributed by atoms with E-state index in [-0.39, 0.29) is 0 Å². The molecule has 1 heterocycles. The lowest BCUT2D eigenvalue weighted by Crippen LogP contribution is -1.99. The zero-order valence-corrected chi connectivity index (χ0v) is 12.1. The van der Waals surface area contributed by atoms with E-state index < -0.39 is 5.97 Å². The zero-order chi connectivity index (χ0) is 14.8. The molecular weight excluding hydrogens is 284 g/mol. The maximum absolute atomic E-state index is 11.2. The molecule has 0 saturated carbocycles. The van der Waals surface area contributed by atoms with E-state index in [4.69, 9.17) is 0 Å². The van der Waals surface area contributed by atoms with Crippen molar-refractivity contribution in [2.45, 2.75) is 16.7 Å². The summed E-state index contributed by atoms with van der Waals surface area (Å²) in [6, 6.07) is 13.2. The largest absolute Gasteiger partial charge is 0.478 e. The van der Waals surface area contributed by atoms with Crippen molar-refractivity contribution in [3.63, 3.8) is 0 Å². The van der Waals surface area contributed by atoms with Gasteiger partial charge in [-0.25, -0.2) is 4.79 Å². The van der Waals surface area contributed by atoms with Crippen molar-refractivity contribution < 1.29 is 9.90 Å². The smallest absolute Gasteiger partial charge is 0.335 e. The van der Waals surface area contributed by atoms with Gasteiger partial charge in [-0.2, -0.15) is 10.2 Å². The Balaban J connectivity index is 2.03. The Morgan fingerprint density at radius 2 is 2.00 bits per heavy atom. The summed E-state index contributed by atoms with van der Waals surface area (Å²) in [5.74, 6) is -0.910. The predicted octanol–water partition coefficient (Wildman–Crippen LogP) is 3.79. The molecule has 3 rings (SSSR count). The monoisotopic (exact) mass is 296 g/mol. The minimum Gasteiger partial charge on any atom is -0.478 e. The van der Waals surface area contributed by atoms with E-state index in [0.717, 1.165) is 26.3 Å². The molecule has 0 radical (unpaired) electrons. The third kappa shape index (κ3) is 2.73. The fourth-order valence-electron chi connectivity index (χ4n) is 2.09. The average Bonchev–Trinajstić information content (AvgIpc) is 2.49. The summed E-state index contributed by atoms with van der Waals surface area (Å²) in [7, 11) is 0. The summed E-state index contributed by atoms with van der Waals surface area (Å²) < 4.78 is 0. The summed E-state index contributed by atoms with van der Waals surface area (Å²) in [6.07, 6.45) is 1.70.